The Morgan fingerprint density at radius 2 is 1.88 bits per heavy atom. The van der Waals surface area contributed by atoms with Crippen LogP contribution in [0.15, 0.2) is 51.7 Å². The number of pyridine rings is 1. The molecule has 1 amide bonds. The SMILES string of the molecule is Cc1cc2cc(CCNC(=O)c3cccc(Br)c3)c(=O)[nH]c2cc1C. The molecule has 0 aliphatic heterocycles. The maximum Gasteiger partial charge on any atom is 0.251 e. The number of nitrogens with one attached hydrogen (secondary N) is 2. The smallest absolute Gasteiger partial charge is 0.251 e. The normalized spacial score (nSPS) is 10.8. The molecule has 0 aliphatic carbocycles. The van der Waals surface area contributed by atoms with Crippen LogP contribution in [0.5, 0.6) is 0 Å². The highest BCUT2D eigenvalue weighted by atomic mass is 79.9. The monoisotopic (exact) mass is 398 g/mol. The van der Waals surface area contributed by atoms with Gasteiger partial charge in [0.15, 0.2) is 0 Å². The first-order valence-electron chi connectivity index (χ1n) is 8.11. The number of rotatable bonds is 4. The summed E-state index contributed by atoms with van der Waals surface area (Å²) in [7, 11) is 0. The van der Waals surface area contributed by atoms with Crippen LogP contribution < -0.4 is 10.9 Å². The number of amides is 1. The van der Waals surface area contributed by atoms with Crippen LogP contribution in [0, 0.1) is 13.8 Å². The quantitative estimate of drug-likeness (QED) is 0.700. The lowest BCUT2D eigenvalue weighted by molar-refractivity contribution is 0.0954. The molecule has 0 bridgehead atoms. The van der Waals surface area contributed by atoms with Gasteiger partial charge in [-0.1, -0.05) is 22.0 Å². The molecule has 3 aromatic rings. The number of aromatic amines is 1. The first kappa shape index (κ1) is 17.4. The van der Waals surface area contributed by atoms with Crippen molar-refractivity contribution in [1.29, 1.82) is 0 Å². The topological polar surface area (TPSA) is 62.0 Å². The van der Waals surface area contributed by atoms with Crippen molar-refractivity contribution in [2.45, 2.75) is 20.3 Å². The molecule has 4 nitrogen and oxygen atoms in total. The van der Waals surface area contributed by atoms with E-state index in [4.69, 9.17) is 0 Å². The number of fused-ring (bicyclic) bond motifs is 1. The van der Waals surface area contributed by atoms with Gasteiger partial charge >= 0.3 is 0 Å². The second-order valence-corrected chi connectivity index (χ2v) is 7.08. The number of aryl methyl sites for hydroxylation is 2. The summed E-state index contributed by atoms with van der Waals surface area (Å²) in [5, 5.41) is 3.87. The van der Waals surface area contributed by atoms with Gasteiger partial charge in [-0.3, -0.25) is 9.59 Å². The van der Waals surface area contributed by atoms with Crippen molar-refractivity contribution in [2.24, 2.45) is 0 Å². The third-order valence-electron chi connectivity index (χ3n) is 4.30. The summed E-state index contributed by atoms with van der Waals surface area (Å²) in [6, 6.07) is 13.2. The van der Waals surface area contributed by atoms with Crippen molar-refractivity contribution in [1.82, 2.24) is 10.3 Å². The Kier molecular flexibility index (Phi) is 5.04. The molecule has 3 rings (SSSR count). The number of benzene rings is 2. The zero-order chi connectivity index (χ0) is 18.0. The number of halogens is 1. The lowest BCUT2D eigenvalue weighted by Crippen LogP contribution is -2.27. The molecule has 2 aromatic carbocycles. The summed E-state index contributed by atoms with van der Waals surface area (Å²) < 4.78 is 0.858. The summed E-state index contributed by atoms with van der Waals surface area (Å²) in [6.07, 6.45) is 0.484. The van der Waals surface area contributed by atoms with Crippen LogP contribution in [-0.2, 0) is 6.42 Å². The van der Waals surface area contributed by atoms with E-state index >= 15 is 0 Å². The maximum absolute atomic E-state index is 12.2. The fourth-order valence-electron chi connectivity index (χ4n) is 2.75. The lowest BCUT2D eigenvalue weighted by Gasteiger charge is -2.08. The van der Waals surface area contributed by atoms with Gasteiger partial charge < -0.3 is 10.3 Å². The van der Waals surface area contributed by atoms with Gasteiger partial charge in [0.2, 0.25) is 0 Å². The Labute approximate surface area is 154 Å². The average molecular weight is 399 g/mol. The molecule has 25 heavy (non-hydrogen) atoms. The van der Waals surface area contributed by atoms with Crippen molar-refractivity contribution < 1.29 is 4.79 Å². The number of carbonyl (C=O) groups excluding carboxylic acids is 1. The van der Waals surface area contributed by atoms with Crippen LogP contribution in [-0.4, -0.2) is 17.4 Å². The van der Waals surface area contributed by atoms with E-state index < -0.39 is 0 Å². The van der Waals surface area contributed by atoms with Crippen LogP contribution in [0.2, 0.25) is 0 Å². The summed E-state index contributed by atoms with van der Waals surface area (Å²) >= 11 is 3.35. The lowest BCUT2D eigenvalue weighted by atomic mass is 10.0. The van der Waals surface area contributed by atoms with E-state index in [2.05, 4.69) is 39.2 Å². The number of hydrogen-bond donors (Lipinski definition) is 2. The molecule has 128 valence electrons. The molecule has 5 heteroatoms. The number of H-pyrrole nitrogens is 1. The van der Waals surface area contributed by atoms with Crippen LogP contribution >= 0.6 is 15.9 Å². The Hall–Kier alpha value is -2.40. The van der Waals surface area contributed by atoms with Gasteiger partial charge in [-0.2, -0.15) is 0 Å². The van der Waals surface area contributed by atoms with E-state index in [1.165, 1.54) is 5.56 Å². The van der Waals surface area contributed by atoms with Crippen molar-refractivity contribution in [3.8, 4) is 0 Å². The number of hydrogen-bond acceptors (Lipinski definition) is 2. The highest BCUT2D eigenvalue weighted by molar-refractivity contribution is 9.10. The Morgan fingerprint density at radius 3 is 2.64 bits per heavy atom. The molecule has 0 atom stereocenters. The summed E-state index contributed by atoms with van der Waals surface area (Å²) in [5.41, 5.74) is 4.34. The summed E-state index contributed by atoms with van der Waals surface area (Å²) in [4.78, 5) is 27.3. The molecule has 1 heterocycles. The van der Waals surface area contributed by atoms with E-state index in [9.17, 15) is 9.59 Å². The van der Waals surface area contributed by atoms with Gasteiger partial charge in [0, 0.05) is 27.7 Å². The van der Waals surface area contributed by atoms with Crippen molar-refractivity contribution >= 4 is 32.7 Å². The van der Waals surface area contributed by atoms with Gasteiger partial charge in [-0.25, -0.2) is 0 Å². The summed E-state index contributed by atoms with van der Waals surface area (Å²) in [5.74, 6) is -0.148. The Balaban J connectivity index is 1.73. The molecule has 0 unspecified atom stereocenters. The minimum atomic E-state index is -0.148. The Morgan fingerprint density at radius 1 is 1.12 bits per heavy atom. The predicted octanol–water partition coefficient (Wildman–Crippen LogP) is 3.88. The molecule has 0 spiro atoms. The van der Waals surface area contributed by atoms with Gasteiger partial charge in [0.1, 0.15) is 0 Å². The van der Waals surface area contributed by atoms with Crippen LogP contribution in [0.1, 0.15) is 27.0 Å². The van der Waals surface area contributed by atoms with Gasteiger partial charge in [-0.15, -0.1) is 0 Å². The number of carbonyl (C=O) groups is 1. The van der Waals surface area contributed by atoms with Gasteiger partial charge in [0.25, 0.3) is 11.5 Å². The molecular formula is C20H19BrN2O2. The zero-order valence-corrected chi connectivity index (χ0v) is 15.7. The van der Waals surface area contributed by atoms with Gasteiger partial charge in [0.05, 0.1) is 0 Å². The standard InChI is InChI=1S/C20H19BrN2O2/c1-12-8-16-10-15(20(25)23-18(16)9-13(12)2)6-7-22-19(24)14-4-3-5-17(21)11-14/h3-5,8-11H,6-7H2,1-2H3,(H,22,24)(H,23,25). The fourth-order valence-corrected chi connectivity index (χ4v) is 3.15. The van der Waals surface area contributed by atoms with E-state index in [0.29, 0.717) is 24.1 Å². The van der Waals surface area contributed by atoms with Crippen LogP contribution in [0.3, 0.4) is 0 Å². The minimum absolute atomic E-state index is 0.104. The van der Waals surface area contributed by atoms with Crippen molar-refractivity contribution in [3.05, 3.63) is 79.5 Å². The predicted molar refractivity (Wildman–Crippen MR) is 104 cm³/mol. The second kappa shape index (κ2) is 7.23. The van der Waals surface area contributed by atoms with E-state index in [-0.39, 0.29) is 11.5 Å². The molecular weight excluding hydrogens is 380 g/mol. The third-order valence-corrected chi connectivity index (χ3v) is 4.80. The van der Waals surface area contributed by atoms with Crippen LogP contribution in [0.25, 0.3) is 10.9 Å². The van der Waals surface area contributed by atoms with E-state index in [1.807, 2.05) is 31.2 Å². The Bertz CT molecular complexity index is 1010. The molecule has 0 saturated heterocycles. The molecule has 0 aliphatic rings. The molecule has 0 fully saturated rings. The minimum Gasteiger partial charge on any atom is -0.352 e. The second-order valence-electron chi connectivity index (χ2n) is 6.16. The third kappa shape index (κ3) is 3.99. The van der Waals surface area contributed by atoms with E-state index in [1.54, 1.807) is 12.1 Å². The number of aromatic nitrogens is 1. The van der Waals surface area contributed by atoms with Crippen molar-refractivity contribution in [2.75, 3.05) is 6.54 Å². The fraction of sp³-hybridized carbons (Fsp3) is 0.200. The molecule has 0 saturated carbocycles. The van der Waals surface area contributed by atoms with Gasteiger partial charge in [-0.05, 0) is 73.2 Å². The highest BCUT2D eigenvalue weighted by Crippen LogP contribution is 2.17. The maximum atomic E-state index is 12.2. The van der Waals surface area contributed by atoms with Crippen LogP contribution in [0.4, 0.5) is 0 Å². The molecule has 1 aromatic heterocycles. The largest absolute Gasteiger partial charge is 0.352 e. The zero-order valence-electron chi connectivity index (χ0n) is 14.2. The first-order chi connectivity index (χ1) is 11.9. The first-order valence-corrected chi connectivity index (χ1v) is 8.90. The highest BCUT2D eigenvalue weighted by Gasteiger charge is 2.08. The molecule has 0 radical (unpaired) electrons. The molecule has 2 N–H and O–H groups in total. The average Bonchev–Trinajstić information content (AvgIpc) is 2.57. The van der Waals surface area contributed by atoms with E-state index in [0.717, 1.165) is 20.9 Å². The summed E-state index contributed by atoms with van der Waals surface area (Å²) in [6.45, 7) is 4.49. The van der Waals surface area contributed by atoms with Crippen molar-refractivity contribution in [3.63, 3.8) is 0 Å².